The van der Waals surface area contributed by atoms with Gasteiger partial charge in [0.15, 0.2) is 0 Å². The molecule has 0 aromatic rings. The normalized spacial score (nSPS) is 13.6. The Balaban J connectivity index is 3.68. The Kier molecular flexibility index (Phi) is 9.94. The first-order valence-corrected chi connectivity index (χ1v) is 7.23. The summed E-state index contributed by atoms with van der Waals surface area (Å²) in [6.07, 6.45) is 3.72. The van der Waals surface area contributed by atoms with E-state index in [-0.39, 0.29) is 12.5 Å². The first-order chi connectivity index (χ1) is 8.99. The van der Waals surface area contributed by atoms with E-state index in [1.54, 1.807) is 0 Å². The van der Waals surface area contributed by atoms with E-state index >= 15 is 0 Å². The quantitative estimate of drug-likeness (QED) is 0.572. The number of carbonyl (C=O) groups excluding carboxylic acids is 1. The third-order valence-corrected chi connectivity index (χ3v) is 3.49. The molecular weight excluding hydrogens is 244 g/mol. The lowest BCUT2D eigenvalue weighted by molar-refractivity contribution is -0.137. The molecule has 0 aliphatic rings. The van der Waals surface area contributed by atoms with E-state index < -0.39 is 5.97 Å². The Morgan fingerprint density at radius 3 is 2.32 bits per heavy atom. The minimum Gasteiger partial charge on any atom is -0.481 e. The number of carbonyl (C=O) groups is 2. The Labute approximate surface area is 116 Å². The molecule has 112 valence electrons. The first kappa shape index (κ1) is 17.7. The summed E-state index contributed by atoms with van der Waals surface area (Å²) in [7, 11) is 0. The van der Waals surface area contributed by atoms with Crippen molar-refractivity contribution in [1.29, 1.82) is 0 Å². The van der Waals surface area contributed by atoms with Crippen molar-refractivity contribution in [3.8, 4) is 0 Å². The van der Waals surface area contributed by atoms with Gasteiger partial charge in [-0.25, -0.2) is 4.79 Å². The second-order valence-corrected chi connectivity index (χ2v) is 5.15. The molecule has 5 heteroatoms. The zero-order chi connectivity index (χ0) is 14.7. The van der Waals surface area contributed by atoms with Crippen LogP contribution in [-0.4, -0.2) is 30.2 Å². The number of aliphatic carboxylic acids is 1. The van der Waals surface area contributed by atoms with Crippen LogP contribution in [0, 0.1) is 11.8 Å². The van der Waals surface area contributed by atoms with Crippen LogP contribution in [0.25, 0.3) is 0 Å². The third kappa shape index (κ3) is 10.4. The van der Waals surface area contributed by atoms with Gasteiger partial charge < -0.3 is 15.7 Å². The van der Waals surface area contributed by atoms with Gasteiger partial charge in [-0.05, 0) is 24.7 Å². The van der Waals surface area contributed by atoms with Gasteiger partial charge in [-0.3, -0.25) is 4.79 Å². The van der Waals surface area contributed by atoms with Crippen LogP contribution in [0.4, 0.5) is 4.79 Å². The molecule has 2 unspecified atom stereocenters. The second-order valence-electron chi connectivity index (χ2n) is 5.15. The highest BCUT2D eigenvalue weighted by Gasteiger charge is 2.09. The lowest BCUT2D eigenvalue weighted by Crippen LogP contribution is -2.38. The van der Waals surface area contributed by atoms with Crippen molar-refractivity contribution in [3.63, 3.8) is 0 Å². The van der Waals surface area contributed by atoms with Crippen LogP contribution in [0.15, 0.2) is 0 Å². The number of rotatable bonds is 10. The molecule has 0 aromatic heterocycles. The van der Waals surface area contributed by atoms with Gasteiger partial charge in [-0.2, -0.15) is 0 Å². The standard InChI is InChI=1S/C14H28N2O3/c1-4-11(3)10-16-14(19)15-9-8-12(5-2)6-7-13(17)18/h11-12H,4-10H2,1-3H3,(H,17,18)(H2,15,16,19). The minimum atomic E-state index is -0.752. The van der Waals surface area contributed by atoms with E-state index in [9.17, 15) is 9.59 Å². The molecule has 0 rings (SSSR count). The fraction of sp³-hybridized carbons (Fsp3) is 0.857. The highest BCUT2D eigenvalue weighted by Crippen LogP contribution is 2.14. The average molecular weight is 272 g/mol. The topological polar surface area (TPSA) is 78.4 Å². The number of urea groups is 1. The molecule has 0 bridgehead atoms. The maximum Gasteiger partial charge on any atom is 0.314 e. The molecule has 0 spiro atoms. The maximum absolute atomic E-state index is 11.5. The molecule has 19 heavy (non-hydrogen) atoms. The van der Waals surface area contributed by atoms with Crippen LogP contribution in [0.2, 0.25) is 0 Å². The molecule has 0 saturated heterocycles. The fourth-order valence-electron chi connectivity index (χ4n) is 1.74. The summed E-state index contributed by atoms with van der Waals surface area (Å²) in [5, 5.41) is 14.3. The monoisotopic (exact) mass is 272 g/mol. The molecule has 0 aliphatic carbocycles. The van der Waals surface area contributed by atoms with Gasteiger partial charge in [0, 0.05) is 19.5 Å². The van der Waals surface area contributed by atoms with Crippen LogP contribution in [0.3, 0.4) is 0 Å². The highest BCUT2D eigenvalue weighted by atomic mass is 16.4. The van der Waals surface area contributed by atoms with Crippen molar-refractivity contribution >= 4 is 12.0 Å². The van der Waals surface area contributed by atoms with Crippen LogP contribution in [0.1, 0.15) is 52.9 Å². The minimum absolute atomic E-state index is 0.131. The number of carboxylic acid groups (broad SMARTS) is 1. The summed E-state index contributed by atoms with van der Waals surface area (Å²) in [5.41, 5.74) is 0. The van der Waals surface area contributed by atoms with Crippen molar-refractivity contribution in [2.45, 2.75) is 52.9 Å². The third-order valence-electron chi connectivity index (χ3n) is 3.49. The van der Waals surface area contributed by atoms with Crippen molar-refractivity contribution in [1.82, 2.24) is 10.6 Å². The van der Waals surface area contributed by atoms with Crippen LogP contribution < -0.4 is 10.6 Å². The van der Waals surface area contributed by atoms with Gasteiger partial charge in [0.25, 0.3) is 0 Å². The maximum atomic E-state index is 11.5. The smallest absolute Gasteiger partial charge is 0.314 e. The SMILES string of the molecule is CCC(C)CNC(=O)NCCC(CC)CCC(=O)O. The molecule has 3 N–H and O–H groups in total. The number of nitrogens with one attached hydrogen (secondary N) is 2. The molecule has 0 fully saturated rings. The van der Waals surface area contributed by atoms with E-state index in [1.165, 1.54) is 0 Å². The number of hydrogen-bond acceptors (Lipinski definition) is 2. The molecule has 2 amide bonds. The number of carboxylic acids is 1. The Bertz CT molecular complexity index is 269. The molecule has 0 saturated carbocycles. The first-order valence-electron chi connectivity index (χ1n) is 7.23. The zero-order valence-corrected chi connectivity index (χ0v) is 12.4. The van der Waals surface area contributed by atoms with Gasteiger partial charge in [0.1, 0.15) is 0 Å². The van der Waals surface area contributed by atoms with Crippen molar-refractivity contribution in [2.75, 3.05) is 13.1 Å². The summed E-state index contributed by atoms with van der Waals surface area (Å²) < 4.78 is 0. The van der Waals surface area contributed by atoms with E-state index in [0.717, 1.165) is 19.3 Å². The number of amides is 2. The van der Waals surface area contributed by atoms with Crippen LogP contribution in [-0.2, 0) is 4.79 Å². The van der Waals surface area contributed by atoms with Crippen molar-refractivity contribution in [3.05, 3.63) is 0 Å². The summed E-state index contributed by atoms with van der Waals surface area (Å²) in [6.45, 7) is 7.54. The van der Waals surface area contributed by atoms with Crippen LogP contribution in [0.5, 0.6) is 0 Å². The molecule has 2 atom stereocenters. The molecule has 5 nitrogen and oxygen atoms in total. The molecule has 0 radical (unpaired) electrons. The summed E-state index contributed by atoms with van der Waals surface area (Å²) in [4.78, 5) is 22.0. The van der Waals surface area contributed by atoms with Gasteiger partial charge >= 0.3 is 12.0 Å². The lowest BCUT2D eigenvalue weighted by Gasteiger charge is -2.15. The van der Waals surface area contributed by atoms with E-state index in [2.05, 4.69) is 31.4 Å². The Morgan fingerprint density at radius 2 is 1.79 bits per heavy atom. The summed E-state index contributed by atoms with van der Waals surface area (Å²) in [5.74, 6) is 0.105. The van der Waals surface area contributed by atoms with Gasteiger partial charge in [0.2, 0.25) is 0 Å². The predicted octanol–water partition coefficient (Wildman–Crippen LogP) is 2.61. The highest BCUT2D eigenvalue weighted by molar-refractivity contribution is 5.73. The Hall–Kier alpha value is -1.26. The van der Waals surface area contributed by atoms with Crippen LogP contribution >= 0.6 is 0 Å². The van der Waals surface area contributed by atoms with E-state index in [1.807, 2.05) is 0 Å². The molecule has 0 aromatic carbocycles. The predicted molar refractivity (Wildman–Crippen MR) is 76.1 cm³/mol. The summed E-state index contributed by atoms with van der Waals surface area (Å²) >= 11 is 0. The second kappa shape index (κ2) is 10.6. The molecule has 0 aliphatic heterocycles. The van der Waals surface area contributed by atoms with E-state index in [4.69, 9.17) is 5.11 Å². The van der Waals surface area contributed by atoms with Gasteiger partial charge in [-0.15, -0.1) is 0 Å². The van der Waals surface area contributed by atoms with E-state index in [0.29, 0.717) is 31.3 Å². The number of hydrogen-bond donors (Lipinski definition) is 3. The average Bonchev–Trinajstić information content (AvgIpc) is 2.39. The Morgan fingerprint density at radius 1 is 1.11 bits per heavy atom. The van der Waals surface area contributed by atoms with Gasteiger partial charge in [-0.1, -0.05) is 33.6 Å². The fourth-order valence-corrected chi connectivity index (χ4v) is 1.74. The molecular formula is C14H28N2O3. The van der Waals surface area contributed by atoms with Gasteiger partial charge in [0.05, 0.1) is 0 Å². The zero-order valence-electron chi connectivity index (χ0n) is 12.4. The molecule has 0 heterocycles. The summed E-state index contributed by atoms with van der Waals surface area (Å²) in [6, 6.07) is -0.131. The lowest BCUT2D eigenvalue weighted by atomic mass is 9.97. The van der Waals surface area contributed by atoms with Crippen molar-refractivity contribution < 1.29 is 14.7 Å². The van der Waals surface area contributed by atoms with Crippen molar-refractivity contribution in [2.24, 2.45) is 11.8 Å². The largest absolute Gasteiger partial charge is 0.481 e.